The predicted molar refractivity (Wildman–Crippen MR) is 124 cm³/mol. The molecule has 0 spiro atoms. The first-order valence-electron chi connectivity index (χ1n) is 8.38. The fraction of sp³-hybridized carbons (Fsp3) is 0.0952. The van der Waals surface area contributed by atoms with Gasteiger partial charge in [-0.05, 0) is 78.9 Å². The summed E-state index contributed by atoms with van der Waals surface area (Å²) in [6.07, 6.45) is 1.75. The van der Waals surface area contributed by atoms with Crippen LogP contribution in [0.15, 0.2) is 74.7 Å². The van der Waals surface area contributed by atoms with Gasteiger partial charge in [-0.25, -0.2) is 0 Å². The Morgan fingerprint density at radius 2 is 1.64 bits per heavy atom. The lowest BCUT2D eigenvalue weighted by Gasteiger charge is -2.11. The van der Waals surface area contributed by atoms with Crippen molar-refractivity contribution in [1.82, 2.24) is 5.43 Å². The highest BCUT2D eigenvalue weighted by atomic mass is 79.9. The second-order valence-electron chi connectivity index (χ2n) is 5.91. The van der Waals surface area contributed by atoms with E-state index in [1.54, 1.807) is 6.21 Å². The quantitative estimate of drug-likeness (QED) is 0.252. The van der Waals surface area contributed by atoms with Gasteiger partial charge in [-0.1, -0.05) is 53.5 Å². The topological polar surface area (TPSA) is 33.6 Å². The molecule has 0 unspecified atom stereocenters. The summed E-state index contributed by atoms with van der Waals surface area (Å²) in [4.78, 5) is 0. The average Bonchev–Trinajstić information content (AvgIpc) is 2.67. The van der Waals surface area contributed by atoms with Crippen LogP contribution in [0.3, 0.4) is 0 Å². The van der Waals surface area contributed by atoms with Gasteiger partial charge in [0.25, 0.3) is 0 Å². The van der Waals surface area contributed by atoms with Gasteiger partial charge in [-0.2, -0.15) is 5.10 Å². The Morgan fingerprint density at radius 1 is 0.964 bits per heavy atom. The van der Waals surface area contributed by atoms with E-state index in [2.05, 4.69) is 42.4 Å². The van der Waals surface area contributed by atoms with Crippen molar-refractivity contribution in [3.8, 4) is 5.75 Å². The van der Waals surface area contributed by atoms with Gasteiger partial charge in [0.05, 0.1) is 21.7 Å². The minimum Gasteiger partial charge on any atom is -0.487 e. The van der Waals surface area contributed by atoms with E-state index in [1.165, 1.54) is 0 Å². The minimum atomic E-state index is 0.446. The molecule has 0 heterocycles. The number of rotatable bonds is 7. The van der Waals surface area contributed by atoms with Crippen LogP contribution in [0.4, 0.5) is 0 Å². The molecule has 0 radical (unpaired) electrons. The third-order valence-corrected chi connectivity index (χ3v) is 5.65. The van der Waals surface area contributed by atoms with Crippen molar-refractivity contribution in [1.29, 1.82) is 0 Å². The number of benzene rings is 3. The lowest BCUT2D eigenvalue weighted by molar-refractivity contribution is 0.302. The van der Waals surface area contributed by atoms with E-state index < -0.39 is 0 Å². The lowest BCUT2D eigenvalue weighted by Crippen LogP contribution is -2.06. The van der Waals surface area contributed by atoms with Gasteiger partial charge in [0.2, 0.25) is 0 Å². The largest absolute Gasteiger partial charge is 0.487 e. The first kappa shape index (κ1) is 21.2. The second-order valence-corrected chi connectivity index (χ2v) is 8.47. The van der Waals surface area contributed by atoms with E-state index in [4.69, 9.17) is 27.9 Å². The summed E-state index contributed by atoms with van der Waals surface area (Å²) < 4.78 is 7.61. The monoisotopic (exact) mass is 540 g/mol. The molecule has 0 bridgehead atoms. The number of halogens is 4. The zero-order valence-electron chi connectivity index (χ0n) is 14.6. The highest BCUT2D eigenvalue weighted by Crippen LogP contribution is 2.35. The Hall–Kier alpha value is -1.53. The van der Waals surface area contributed by atoms with E-state index in [1.807, 2.05) is 60.7 Å². The molecule has 144 valence electrons. The zero-order valence-corrected chi connectivity index (χ0v) is 19.3. The van der Waals surface area contributed by atoms with E-state index in [-0.39, 0.29) is 0 Å². The number of hydrazone groups is 1. The Kier molecular flexibility index (Phi) is 7.80. The number of hydrogen-bond donors (Lipinski definition) is 1. The summed E-state index contributed by atoms with van der Waals surface area (Å²) in [5.41, 5.74) is 5.96. The summed E-state index contributed by atoms with van der Waals surface area (Å²) in [5.74, 6) is 0.733. The van der Waals surface area contributed by atoms with Crippen LogP contribution in [-0.4, -0.2) is 6.21 Å². The van der Waals surface area contributed by atoms with Crippen LogP contribution in [0.25, 0.3) is 0 Å². The predicted octanol–water partition coefficient (Wildman–Crippen LogP) is 7.22. The van der Waals surface area contributed by atoms with Gasteiger partial charge in [0.15, 0.2) is 0 Å². The molecule has 3 rings (SSSR count). The molecule has 3 aromatic carbocycles. The van der Waals surface area contributed by atoms with Crippen LogP contribution >= 0.6 is 55.1 Å². The van der Waals surface area contributed by atoms with Gasteiger partial charge in [0.1, 0.15) is 12.4 Å². The number of nitrogens with one attached hydrogen (secondary N) is 1. The molecule has 0 amide bonds. The fourth-order valence-corrected chi connectivity index (χ4v) is 4.20. The van der Waals surface area contributed by atoms with Crippen molar-refractivity contribution in [3.63, 3.8) is 0 Å². The van der Waals surface area contributed by atoms with Crippen LogP contribution < -0.4 is 10.2 Å². The second kappa shape index (κ2) is 10.3. The number of ether oxygens (including phenoxy) is 1. The maximum Gasteiger partial charge on any atom is 0.148 e. The van der Waals surface area contributed by atoms with Crippen LogP contribution in [0.1, 0.15) is 16.7 Å². The highest BCUT2D eigenvalue weighted by molar-refractivity contribution is 9.11. The molecule has 0 aliphatic heterocycles. The van der Waals surface area contributed by atoms with E-state index in [0.717, 1.165) is 36.4 Å². The SMILES string of the molecule is Clc1ccc(COc2c(Br)cc(/C=N\NCc3ccccc3Cl)cc2Br)cc1. The fourth-order valence-electron chi connectivity index (χ4n) is 2.42. The first-order chi connectivity index (χ1) is 13.5. The molecule has 0 saturated heterocycles. The van der Waals surface area contributed by atoms with E-state index >= 15 is 0 Å². The van der Waals surface area contributed by atoms with Gasteiger partial charge in [-0.15, -0.1) is 0 Å². The van der Waals surface area contributed by atoms with Crippen molar-refractivity contribution in [2.75, 3.05) is 0 Å². The molecule has 3 nitrogen and oxygen atoms in total. The summed E-state index contributed by atoms with van der Waals surface area (Å²) in [6, 6.07) is 19.1. The van der Waals surface area contributed by atoms with Crippen molar-refractivity contribution >= 4 is 61.3 Å². The summed E-state index contributed by atoms with van der Waals surface area (Å²) >= 11 is 19.2. The standard InChI is InChI=1S/C21H16Br2Cl2N2O/c22-18-9-15(11-26-27-12-16-3-1-2-4-20(16)25)10-19(23)21(18)28-13-14-5-7-17(24)8-6-14/h1-11,27H,12-13H2/b26-11-. The normalized spacial score (nSPS) is 11.0. The van der Waals surface area contributed by atoms with E-state index in [9.17, 15) is 0 Å². The molecule has 0 saturated carbocycles. The highest BCUT2D eigenvalue weighted by Gasteiger charge is 2.09. The Balaban J connectivity index is 1.61. The third-order valence-electron chi connectivity index (χ3n) is 3.85. The molecule has 3 aromatic rings. The maximum atomic E-state index is 6.14. The van der Waals surface area contributed by atoms with Gasteiger partial charge in [0, 0.05) is 10.0 Å². The zero-order chi connectivity index (χ0) is 19.9. The Morgan fingerprint density at radius 3 is 2.32 bits per heavy atom. The van der Waals surface area contributed by atoms with Gasteiger partial charge >= 0.3 is 0 Å². The average molecular weight is 543 g/mol. The summed E-state index contributed by atoms with van der Waals surface area (Å²) in [7, 11) is 0. The smallest absolute Gasteiger partial charge is 0.148 e. The molecule has 28 heavy (non-hydrogen) atoms. The molecule has 1 N–H and O–H groups in total. The maximum absolute atomic E-state index is 6.14. The Bertz CT molecular complexity index is 955. The van der Waals surface area contributed by atoms with Gasteiger partial charge < -0.3 is 10.2 Å². The van der Waals surface area contributed by atoms with Crippen molar-refractivity contribution in [3.05, 3.63) is 96.3 Å². The molecular formula is C21H16Br2Cl2N2O. The van der Waals surface area contributed by atoms with Crippen molar-refractivity contribution < 1.29 is 4.74 Å². The van der Waals surface area contributed by atoms with Crippen LogP contribution in [0.2, 0.25) is 10.0 Å². The van der Waals surface area contributed by atoms with Gasteiger partial charge in [-0.3, -0.25) is 0 Å². The van der Waals surface area contributed by atoms with Crippen molar-refractivity contribution in [2.24, 2.45) is 5.10 Å². The summed E-state index contributed by atoms with van der Waals surface area (Å²) in [5, 5.41) is 5.69. The van der Waals surface area contributed by atoms with Crippen molar-refractivity contribution in [2.45, 2.75) is 13.2 Å². The van der Waals surface area contributed by atoms with Crippen LogP contribution in [0, 0.1) is 0 Å². The molecule has 0 atom stereocenters. The number of nitrogens with zero attached hydrogens (tertiary/aromatic N) is 1. The Labute approximate surface area is 191 Å². The first-order valence-corrected chi connectivity index (χ1v) is 10.7. The van der Waals surface area contributed by atoms with E-state index in [0.29, 0.717) is 18.2 Å². The molecule has 0 aliphatic rings. The molecule has 0 aliphatic carbocycles. The molecule has 0 fully saturated rings. The molecule has 7 heteroatoms. The lowest BCUT2D eigenvalue weighted by atomic mass is 10.2. The minimum absolute atomic E-state index is 0.446. The summed E-state index contributed by atoms with van der Waals surface area (Å²) in [6.45, 7) is 1.00. The van der Waals surface area contributed by atoms with Crippen LogP contribution in [-0.2, 0) is 13.2 Å². The van der Waals surface area contributed by atoms with Crippen LogP contribution in [0.5, 0.6) is 5.75 Å². The third kappa shape index (κ3) is 5.98. The molecular weight excluding hydrogens is 527 g/mol. The molecule has 0 aromatic heterocycles. The number of hydrogen-bond acceptors (Lipinski definition) is 3.